The third-order valence-corrected chi connectivity index (χ3v) is 3.89. The van der Waals surface area contributed by atoms with E-state index < -0.39 is 0 Å². The summed E-state index contributed by atoms with van der Waals surface area (Å²) in [5, 5.41) is 1.29. The number of nitrogens with zero attached hydrogens (tertiary/aromatic N) is 1. The topological polar surface area (TPSA) is 20.7 Å². The van der Waals surface area contributed by atoms with E-state index in [1.165, 1.54) is 0 Å². The molecule has 2 aromatic carbocycles. The highest BCUT2D eigenvalue weighted by Crippen LogP contribution is 2.30. The summed E-state index contributed by atoms with van der Waals surface area (Å²) in [4.78, 5) is 3.14. The Morgan fingerprint density at radius 2 is 1.89 bits per heavy atom. The van der Waals surface area contributed by atoms with Crippen LogP contribution in [-0.2, 0) is 0 Å². The van der Waals surface area contributed by atoms with E-state index in [1.54, 1.807) is 0 Å². The van der Waals surface area contributed by atoms with Crippen LogP contribution in [0.2, 0.25) is 10.0 Å². The molecule has 3 aromatic rings. The van der Waals surface area contributed by atoms with Crippen LogP contribution in [0.4, 0.5) is 0 Å². The Morgan fingerprint density at radius 3 is 2.63 bits per heavy atom. The second kappa shape index (κ2) is 4.67. The number of aromatic nitrogens is 2. The van der Waals surface area contributed by atoms with Crippen LogP contribution in [0.5, 0.6) is 0 Å². The summed E-state index contributed by atoms with van der Waals surface area (Å²) in [6.45, 7) is 2.00. The minimum Gasteiger partial charge on any atom is -0.330 e. The lowest BCUT2D eigenvalue weighted by molar-refractivity contribution is 1.06. The third-order valence-electron chi connectivity index (χ3n) is 3.00. The van der Waals surface area contributed by atoms with Gasteiger partial charge in [0.05, 0.1) is 26.8 Å². The van der Waals surface area contributed by atoms with Crippen molar-refractivity contribution >= 4 is 46.5 Å². The van der Waals surface area contributed by atoms with Gasteiger partial charge in [0.15, 0.2) is 4.77 Å². The number of hydrogen-bond donors (Lipinski definition) is 1. The minimum absolute atomic E-state index is 0.578. The molecule has 1 N–H and O–H groups in total. The number of halogens is 2. The molecular weight excluding hydrogens is 299 g/mol. The molecule has 96 valence electrons. The van der Waals surface area contributed by atoms with Crippen LogP contribution in [0.15, 0.2) is 36.4 Å². The third kappa shape index (κ3) is 2.08. The molecule has 1 heterocycles. The molecule has 0 aliphatic heterocycles. The van der Waals surface area contributed by atoms with E-state index in [1.807, 2.05) is 47.9 Å². The summed E-state index contributed by atoms with van der Waals surface area (Å²) in [7, 11) is 0. The van der Waals surface area contributed by atoms with Gasteiger partial charge in [-0.3, -0.25) is 4.57 Å². The maximum absolute atomic E-state index is 6.32. The second-order valence-electron chi connectivity index (χ2n) is 4.36. The van der Waals surface area contributed by atoms with Gasteiger partial charge in [0.1, 0.15) is 0 Å². The molecule has 0 spiro atoms. The van der Waals surface area contributed by atoms with Crippen molar-refractivity contribution in [3.05, 3.63) is 56.8 Å². The molecule has 0 atom stereocenters. The van der Waals surface area contributed by atoms with Gasteiger partial charge in [-0.25, -0.2) is 0 Å². The summed E-state index contributed by atoms with van der Waals surface area (Å²) in [5.41, 5.74) is 3.68. The number of imidazole rings is 1. The van der Waals surface area contributed by atoms with Gasteiger partial charge in [-0.05, 0) is 49.0 Å². The zero-order valence-corrected chi connectivity index (χ0v) is 12.4. The Balaban J connectivity index is 2.42. The summed E-state index contributed by atoms with van der Waals surface area (Å²) < 4.78 is 2.45. The lowest BCUT2D eigenvalue weighted by Crippen LogP contribution is -1.96. The van der Waals surface area contributed by atoms with Gasteiger partial charge in [-0.15, -0.1) is 0 Å². The van der Waals surface area contributed by atoms with E-state index in [-0.39, 0.29) is 0 Å². The summed E-state index contributed by atoms with van der Waals surface area (Å²) in [6, 6.07) is 11.5. The van der Waals surface area contributed by atoms with Gasteiger partial charge in [0.25, 0.3) is 0 Å². The number of rotatable bonds is 1. The number of fused-ring (bicyclic) bond motifs is 1. The quantitative estimate of drug-likeness (QED) is 0.605. The molecule has 0 aliphatic rings. The number of nitrogens with one attached hydrogen (secondary N) is 1. The number of para-hydroxylation sites is 1. The first-order valence-electron chi connectivity index (χ1n) is 5.73. The van der Waals surface area contributed by atoms with Crippen LogP contribution in [0.3, 0.4) is 0 Å². The Morgan fingerprint density at radius 1 is 1.11 bits per heavy atom. The van der Waals surface area contributed by atoms with Crippen LogP contribution in [-0.4, -0.2) is 9.55 Å². The smallest absolute Gasteiger partial charge is 0.182 e. The van der Waals surface area contributed by atoms with Crippen molar-refractivity contribution in [1.29, 1.82) is 0 Å². The highest BCUT2D eigenvalue weighted by atomic mass is 35.5. The summed E-state index contributed by atoms with van der Waals surface area (Å²) in [6.07, 6.45) is 0. The van der Waals surface area contributed by atoms with Gasteiger partial charge in [0.2, 0.25) is 0 Å². The number of H-pyrrole nitrogens is 1. The first-order valence-corrected chi connectivity index (χ1v) is 6.90. The molecule has 0 radical (unpaired) electrons. The van der Waals surface area contributed by atoms with Crippen LogP contribution in [0.25, 0.3) is 16.7 Å². The van der Waals surface area contributed by atoms with Crippen molar-refractivity contribution < 1.29 is 0 Å². The predicted molar refractivity (Wildman–Crippen MR) is 83.2 cm³/mol. The fourth-order valence-corrected chi connectivity index (χ4v) is 3.02. The molecule has 0 fully saturated rings. The lowest BCUT2D eigenvalue weighted by Gasteiger charge is -2.08. The van der Waals surface area contributed by atoms with E-state index in [9.17, 15) is 0 Å². The van der Waals surface area contributed by atoms with E-state index in [4.69, 9.17) is 35.4 Å². The number of aromatic amines is 1. The van der Waals surface area contributed by atoms with E-state index in [2.05, 4.69) is 4.98 Å². The standard InChI is InChI=1S/C14H10Cl2N2S/c1-8-5-6-12(10(16)7-8)18-13-9(15)3-2-4-11(13)17-14(18)19/h2-7H,1H3,(H,17,19). The van der Waals surface area contributed by atoms with Gasteiger partial charge in [-0.2, -0.15) is 0 Å². The van der Waals surface area contributed by atoms with Crippen molar-refractivity contribution in [2.24, 2.45) is 0 Å². The molecule has 1 aromatic heterocycles. The molecule has 0 unspecified atom stereocenters. The molecule has 0 amide bonds. The van der Waals surface area contributed by atoms with Crippen molar-refractivity contribution in [3.8, 4) is 5.69 Å². The average molecular weight is 309 g/mol. The predicted octanol–water partition coefficient (Wildman–Crippen LogP) is 5.30. The fourth-order valence-electron chi connectivity index (χ4n) is 2.14. The Bertz CT molecular complexity index is 833. The zero-order valence-electron chi connectivity index (χ0n) is 10.1. The van der Waals surface area contributed by atoms with Gasteiger partial charge < -0.3 is 4.98 Å². The zero-order chi connectivity index (χ0) is 13.6. The van der Waals surface area contributed by atoms with Crippen molar-refractivity contribution in [1.82, 2.24) is 9.55 Å². The fraction of sp³-hybridized carbons (Fsp3) is 0.0714. The highest BCUT2D eigenvalue weighted by molar-refractivity contribution is 7.71. The molecule has 0 aliphatic carbocycles. The first-order chi connectivity index (χ1) is 9.08. The highest BCUT2D eigenvalue weighted by Gasteiger charge is 2.12. The first kappa shape index (κ1) is 12.7. The molecule has 5 heteroatoms. The van der Waals surface area contributed by atoms with Crippen molar-refractivity contribution in [3.63, 3.8) is 0 Å². The maximum Gasteiger partial charge on any atom is 0.182 e. The molecule has 0 saturated heterocycles. The largest absolute Gasteiger partial charge is 0.330 e. The molecule has 0 bridgehead atoms. The van der Waals surface area contributed by atoms with E-state index >= 15 is 0 Å². The van der Waals surface area contributed by atoms with Gasteiger partial charge in [0, 0.05) is 0 Å². The Kier molecular flexibility index (Phi) is 3.13. The minimum atomic E-state index is 0.578. The normalized spacial score (nSPS) is 11.1. The SMILES string of the molecule is Cc1ccc(-n2c(=S)[nH]c3cccc(Cl)c32)c(Cl)c1. The average Bonchev–Trinajstić information content (AvgIpc) is 2.67. The maximum atomic E-state index is 6.32. The molecule has 3 rings (SSSR count). The lowest BCUT2D eigenvalue weighted by atomic mass is 10.2. The summed E-state index contributed by atoms with van der Waals surface area (Å²) >= 11 is 18.0. The molecule has 0 saturated carbocycles. The second-order valence-corrected chi connectivity index (χ2v) is 5.56. The van der Waals surface area contributed by atoms with Gasteiger partial charge >= 0.3 is 0 Å². The van der Waals surface area contributed by atoms with Crippen LogP contribution >= 0.6 is 35.4 Å². The monoisotopic (exact) mass is 308 g/mol. The van der Waals surface area contributed by atoms with E-state index in [0.29, 0.717) is 14.8 Å². The number of hydrogen-bond acceptors (Lipinski definition) is 1. The molecular formula is C14H10Cl2N2S. The number of benzene rings is 2. The van der Waals surface area contributed by atoms with Crippen molar-refractivity contribution in [2.75, 3.05) is 0 Å². The van der Waals surface area contributed by atoms with E-state index in [0.717, 1.165) is 22.3 Å². The van der Waals surface area contributed by atoms with Gasteiger partial charge in [-0.1, -0.05) is 35.3 Å². The summed E-state index contributed by atoms with van der Waals surface area (Å²) in [5.74, 6) is 0. The Hall–Kier alpha value is -1.29. The molecule has 2 nitrogen and oxygen atoms in total. The van der Waals surface area contributed by atoms with Crippen LogP contribution in [0.1, 0.15) is 5.56 Å². The Labute approximate surface area is 125 Å². The van der Waals surface area contributed by atoms with Crippen LogP contribution in [0, 0.1) is 11.7 Å². The molecule has 19 heavy (non-hydrogen) atoms. The number of aryl methyl sites for hydroxylation is 1. The van der Waals surface area contributed by atoms with Crippen LogP contribution < -0.4 is 0 Å². The van der Waals surface area contributed by atoms with Crippen molar-refractivity contribution in [2.45, 2.75) is 6.92 Å².